The van der Waals surface area contributed by atoms with Crippen LogP contribution in [0.5, 0.6) is 0 Å². The third-order valence-electron chi connectivity index (χ3n) is 4.12. The van der Waals surface area contributed by atoms with Crippen molar-refractivity contribution in [3.8, 4) is 0 Å². The molecule has 0 saturated heterocycles. The molecule has 0 aliphatic carbocycles. The van der Waals surface area contributed by atoms with Crippen molar-refractivity contribution in [2.45, 2.75) is 11.3 Å². The van der Waals surface area contributed by atoms with Crippen LogP contribution in [0.4, 0.5) is 0 Å². The van der Waals surface area contributed by atoms with E-state index < -0.39 is 0 Å². The molecule has 0 bridgehead atoms. The van der Waals surface area contributed by atoms with Crippen molar-refractivity contribution < 1.29 is 0 Å². The molecule has 3 aromatic rings. The van der Waals surface area contributed by atoms with Gasteiger partial charge in [0.05, 0.1) is 11.2 Å². The summed E-state index contributed by atoms with van der Waals surface area (Å²) >= 11 is 1.72. The number of rotatable bonds is 1. The van der Waals surface area contributed by atoms with Gasteiger partial charge in [-0.15, -0.1) is 0 Å². The Morgan fingerprint density at radius 3 is 2.71 bits per heavy atom. The Balaban J connectivity index is 1.77. The third-order valence-corrected chi connectivity index (χ3v) is 5.20. The van der Waals surface area contributed by atoms with Gasteiger partial charge in [0.25, 0.3) is 0 Å². The Kier molecular flexibility index (Phi) is 4.06. The van der Waals surface area contributed by atoms with Crippen LogP contribution in [0, 0.1) is 0 Å². The largest absolute Gasteiger partial charge is 0.248 e. The van der Waals surface area contributed by atoms with Crippen LogP contribution in [-0.4, -0.2) is 4.98 Å². The van der Waals surface area contributed by atoms with E-state index in [-0.39, 0.29) is 0 Å². The molecule has 1 aliphatic rings. The smallest absolute Gasteiger partial charge is 0.0720 e. The number of nitrogens with zero attached hydrogens (tertiary/aromatic N) is 1. The van der Waals surface area contributed by atoms with Crippen molar-refractivity contribution in [1.82, 2.24) is 4.98 Å². The van der Waals surface area contributed by atoms with Crippen LogP contribution >= 0.6 is 11.8 Å². The van der Waals surface area contributed by atoms with Gasteiger partial charge in [-0.25, -0.2) is 4.98 Å². The van der Waals surface area contributed by atoms with E-state index in [1.165, 1.54) is 10.5 Å². The summed E-state index contributed by atoms with van der Waals surface area (Å²) < 4.78 is 0. The van der Waals surface area contributed by atoms with E-state index in [0.717, 1.165) is 33.5 Å². The molecular formula is C22H17NS. The maximum atomic E-state index is 4.83. The van der Waals surface area contributed by atoms with E-state index in [4.69, 9.17) is 4.98 Å². The molecular weight excluding hydrogens is 310 g/mol. The van der Waals surface area contributed by atoms with E-state index in [1.807, 2.05) is 12.1 Å². The van der Waals surface area contributed by atoms with Gasteiger partial charge in [-0.05, 0) is 30.2 Å². The summed E-state index contributed by atoms with van der Waals surface area (Å²) in [5.41, 5.74) is 4.40. The first-order valence-corrected chi connectivity index (χ1v) is 8.81. The topological polar surface area (TPSA) is 12.9 Å². The van der Waals surface area contributed by atoms with E-state index in [1.54, 1.807) is 11.8 Å². The Morgan fingerprint density at radius 2 is 1.75 bits per heavy atom. The maximum Gasteiger partial charge on any atom is 0.0720 e. The SMILES string of the molecule is C=C1Sc2ccccc2C/C=C\C=C/1c1ccc2ccccc2n1. The molecule has 4 rings (SSSR count). The van der Waals surface area contributed by atoms with Crippen LogP contribution in [-0.2, 0) is 6.42 Å². The lowest BCUT2D eigenvalue weighted by Gasteiger charge is -2.12. The van der Waals surface area contributed by atoms with Crippen molar-refractivity contribution in [2.75, 3.05) is 0 Å². The molecule has 0 spiro atoms. The fourth-order valence-corrected chi connectivity index (χ4v) is 3.83. The number of benzene rings is 2. The standard InChI is InChI=1S/C22H17NS/c1-16-19(21-15-14-17-8-3-6-12-20(17)23-21)11-5-2-9-18-10-4-7-13-22(18)24-16/h2-8,10-15H,1,9H2/b5-2-,19-11+. The molecule has 24 heavy (non-hydrogen) atoms. The Bertz CT molecular complexity index is 982. The summed E-state index contributed by atoms with van der Waals surface area (Å²) in [5, 5.41) is 1.16. The first-order chi connectivity index (χ1) is 11.8. The van der Waals surface area contributed by atoms with Crippen molar-refractivity contribution in [3.63, 3.8) is 0 Å². The number of thioether (sulfide) groups is 1. The highest BCUT2D eigenvalue weighted by Crippen LogP contribution is 2.38. The lowest BCUT2D eigenvalue weighted by atomic mass is 10.1. The van der Waals surface area contributed by atoms with Gasteiger partial charge in [0.2, 0.25) is 0 Å². The fourth-order valence-electron chi connectivity index (χ4n) is 2.86. The van der Waals surface area contributed by atoms with Gasteiger partial charge in [-0.2, -0.15) is 0 Å². The predicted molar refractivity (Wildman–Crippen MR) is 104 cm³/mol. The predicted octanol–water partition coefficient (Wildman–Crippen LogP) is 6.04. The van der Waals surface area contributed by atoms with Crippen LogP contribution in [0.3, 0.4) is 0 Å². The highest BCUT2D eigenvalue weighted by molar-refractivity contribution is 8.03. The van der Waals surface area contributed by atoms with Gasteiger partial charge in [0.15, 0.2) is 0 Å². The summed E-state index contributed by atoms with van der Waals surface area (Å²) in [6, 6.07) is 20.9. The normalized spacial score (nSPS) is 18.0. The van der Waals surface area contributed by atoms with Crippen LogP contribution in [0.2, 0.25) is 0 Å². The summed E-state index contributed by atoms with van der Waals surface area (Å²) in [6.45, 7) is 4.32. The van der Waals surface area contributed by atoms with Crippen molar-refractivity contribution in [3.05, 3.63) is 102 Å². The molecule has 0 atom stereocenters. The number of pyridine rings is 1. The van der Waals surface area contributed by atoms with Crippen LogP contribution in [0.15, 0.2) is 95.3 Å². The average Bonchev–Trinajstić information content (AvgIpc) is 2.70. The number of allylic oxidation sites excluding steroid dienone is 4. The highest BCUT2D eigenvalue weighted by Gasteiger charge is 2.12. The maximum absolute atomic E-state index is 4.83. The Labute approximate surface area is 146 Å². The molecule has 1 nitrogen and oxygen atoms in total. The average molecular weight is 327 g/mol. The number of aromatic nitrogens is 1. The van der Waals surface area contributed by atoms with E-state index in [9.17, 15) is 0 Å². The van der Waals surface area contributed by atoms with Crippen LogP contribution < -0.4 is 0 Å². The second-order valence-corrected chi connectivity index (χ2v) is 6.87. The van der Waals surface area contributed by atoms with Gasteiger partial charge in [0.1, 0.15) is 0 Å². The van der Waals surface area contributed by atoms with Crippen LogP contribution in [0.25, 0.3) is 16.5 Å². The van der Waals surface area contributed by atoms with Crippen molar-refractivity contribution in [2.24, 2.45) is 0 Å². The summed E-state index contributed by atoms with van der Waals surface area (Å²) in [7, 11) is 0. The molecule has 0 fully saturated rings. The lowest BCUT2D eigenvalue weighted by Crippen LogP contribution is -1.92. The molecule has 0 N–H and O–H groups in total. The molecule has 0 radical (unpaired) electrons. The number of hydrogen-bond donors (Lipinski definition) is 0. The molecule has 1 aromatic heterocycles. The van der Waals surface area contributed by atoms with Crippen LogP contribution in [0.1, 0.15) is 11.3 Å². The lowest BCUT2D eigenvalue weighted by molar-refractivity contribution is 1.18. The van der Waals surface area contributed by atoms with Gasteiger partial charge >= 0.3 is 0 Å². The zero-order valence-corrected chi connectivity index (χ0v) is 14.1. The Morgan fingerprint density at radius 1 is 0.917 bits per heavy atom. The van der Waals surface area contributed by atoms with E-state index in [2.05, 4.69) is 73.3 Å². The van der Waals surface area contributed by atoms with E-state index >= 15 is 0 Å². The molecule has 1 aliphatic heterocycles. The minimum absolute atomic E-state index is 0.936. The molecule has 2 heteroatoms. The monoisotopic (exact) mass is 327 g/mol. The molecule has 2 aromatic carbocycles. The number of fused-ring (bicyclic) bond motifs is 2. The van der Waals surface area contributed by atoms with Crippen molar-refractivity contribution >= 4 is 28.2 Å². The zero-order chi connectivity index (χ0) is 16.4. The second kappa shape index (κ2) is 6.50. The second-order valence-electron chi connectivity index (χ2n) is 5.73. The highest BCUT2D eigenvalue weighted by atomic mass is 32.2. The quantitative estimate of drug-likeness (QED) is 0.540. The zero-order valence-electron chi connectivity index (χ0n) is 13.3. The molecule has 0 amide bonds. The molecule has 2 heterocycles. The summed E-state index contributed by atoms with van der Waals surface area (Å²) in [6.07, 6.45) is 7.36. The minimum atomic E-state index is 0.936. The number of para-hydroxylation sites is 1. The fraction of sp³-hybridized carbons (Fsp3) is 0.0455. The molecule has 116 valence electrons. The Hall–Kier alpha value is -2.58. The number of hydrogen-bond acceptors (Lipinski definition) is 2. The van der Waals surface area contributed by atoms with E-state index in [0.29, 0.717) is 0 Å². The first-order valence-electron chi connectivity index (χ1n) is 7.99. The summed E-state index contributed by atoms with van der Waals surface area (Å²) in [4.78, 5) is 7.12. The van der Waals surface area contributed by atoms with Crippen molar-refractivity contribution in [1.29, 1.82) is 0 Å². The minimum Gasteiger partial charge on any atom is -0.248 e. The van der Waals surface area contributed by atoms with Gasteiger partial charge < -0.3 is 0 Å². The molecule has 0 unspecified atom stereocenters. The first kappa shape index (κ1) is 15.0. The molecule has 0 saturated carbocycles. The summed E-state index contributed by atoms with van der Waals surface area (Å²) in [5.74, 6) is 0. The van der Waals surface area contributed by atoms with Gasteiger partial charge in [-0.1, -0.05) is 79.0 Å². The third kappa shape index (κ3) is 2.93. The van der Waals surface area contributed by atoms with Gasteiger partial charge in [-0.3, -0.25) is 0 Å². The van der Waals surface area contributed by atoms with Gasteiger partial charge in [0, 0.05) is 20.8 Å².